The summed E-state index contributed by atoms with van der Waals surface area (Å²) in [4.78, 5) is 17.1. The zero-order chi connectivity index (χ0) is 21.0. The van der Waals surface area contributed by atoms with E-state index in [-0.39, 0.29) is 17.3 Å². The zero-order valence-corrected chi connectivity index (χ0v) is 18.3. The molecule has 0 aliphatic carbocycles. The molecule has 0 spiro atoms. The third-order valence-corrected chi connectivity index (χ3v) is 7.18. The van der Waals surface area contributed by atoms with Gasteiger partial charge in [-0.3, -0.25) is 9.10 Å². The van der Waals surface area contributed by atoms with Crippen molar-refractivity contribution in [1.29, 1.82) is 0 Å². The van der Waals surface area contributed by atoms with Crippen molar-refractivity contribution >= 4 is 33.2 Å². The molecule has 1 amide bonds. The Morgan fingerprint density at radius 2 is 1.72 bits per heavy atom. The van der Waals surface area contributed by atoms with Crippen molar-refractivity contribution < 1.29 is 13.2 Å². The van der Waals surface area contributed by atoms with E-state index in [4.69, 9.17) is 11.6 Å². The molecule has 3 rings (SSSR count). The second kappa shape index (κ2) is 9.15. The second-order valence-corrected chi connectivity index (χ2v) is 9.42. The highest BCUT2D eigenvalue weighted by atomic mass is 35.5. The predicted octanol–water partition coefficient (Wildman–Crippen LogP) is 3.01. The van der Waals surface area contributed by atoms with Crippen LogP contribution in [0.1, 0.15) is 12.5 Å². The topological polar surface area (TPSA) is 60.9 Å². The van der Waals surface area contributed by atoms with E-state index in [9.17, 15) is 13.2 Å². The number of benzene rings is 2. The highest BCUT2D eigenvalue weighted by Crippen LogP contribution is 2.26. The predicted molar refractivity (Wildman–Crippen MR) is 116 cm³/mol. The molecular weight excluding hydrogens is 410 g/mol. The summed E-state index contributed by atoms with van der Waals surface area (Å²) in [5.74, 6) is -0.212. The lowest BCUT2D eigenvalue weighted by atomic mass is 10.2. The quantitative estimate of drug-likeness (QED) is 0.699. The molecule has 2 aromatic carbocycles. The molecule has 1 aliphatic rings. The fraction of sp³-hybridized carbons (Fsp3) is 0.381. The molecule has 6 nitrogen and oxygen atoms in total. The van der Waals surface area contributed by atoms with Gasteiger partial charge in [0.05, 0.1) is 10.6 Å². The number of aryl methyl sites for hydroxylation is 1. The summed E-state index contributed by atoms with van der Waals surface area (Å²) in [7, 11) is -3.92. The molecule has 0 saturated carbocycles. The van der Waals surface area contributed by atoms with Gasteiger partial charge in [0.2, 0.25) is 5.91 Å². The number of nitrogens with zero attached hydrogens (tertiary/aromatic N) is 3. The number of carbonyl (C=O) groups excluding carboxylic acids is 1. The Balaban J connectivity index is 1.90. The SMILES string of the molecule is CCN1CCN(C(=O)CN(c2cccc(Cl)c2)S(=O)(=O)c2ccc(C)cc2)CC1. The first-order chi connectivity index (χ1) is 13.8. The molecule has 0 radical (unpaired) electrons. The fourth-order valence-electron chi connectivity index (χ4n) is 3.32. The van der Waals surface area contributed by atoms with E-state index >= 15 is 0 Å². The van der Waals surface area contributed by atoms with E-state index in [1.807, 2.05) is 6.92 Å². The molecular formula is C21H26ClN3O3S. The maximum absolute atomic E-state index is 13.4. The first-order valence-corrected chi connectivity index (χ1v) is 11.5. The van der Waals surface area contributed by atoms with Crippen molar-refractivity contribution in [2.75, 3.05) is 43.6 Å². The smallest absolute Gasteiger partial charge is 0.264 e. The minimum absolute atomic E-state index is 0.145. The van der Waals surface area contributed by atoms with Crippen LogP contribution in [0.2, 0.25) is 5.02 Å². The maximum Gasteiger partial charge on any atom is 0.264 e. The third kappa shape index (κ3) is 5.10. The number of hydrogen-bond donors (Lipinski definition) is 0. The van der Waals surface area contributed by atoms with Crippen molar-refractivity contribution in [3.05, 3.63) is 59.1 Å². The summed E-state index contributed by atoms with van der Waals surface area (Å²) < 4.78 is 27.9. The molecule has 29 heavy (non-hydrogen) atoms. The van der Waals surface area contributed by atoms with Gasteiger partial charge in [-0.25, -0.2) is 8.42 Å². The summed E-state index contributed by atoms with van der Waals surface area (Å²) in [6, 6.07) is 13.2. The second-order valence-electron chi connectivity index (χ2n) is 7.12. The van der Waals surface area contributed by atoms with E-state index in [0.29, 0.717) is 23.8 Å². The zero-order valence-electron chi connectivity index (χ0n) is 16.7. The maximum atomic E-state index is 13.4. The van der Waals surface area contributed by atoms with Gasteiger partial charge >= 0.3 is 0 Å². The van der Waals surface area contributed by atoms with Crippen molar-refractivity contribution in [2.24, 2.45) is 0 Å². The Kier molecular flexibility index (Phi) is 6.82. The van der Waals surface area contributed by atoms with Crippen LogP contribution < -0.4 is 4.31 Å². The Morgan fingerprint density at radius 3 is 2.31 bits per heavy atom. The van der Waals surface area contributed by atoms with Crippen LogP contribution >= 0.6 is 11.6 Å². The van der Waals surface area contributed by atoms with Crippen LogP contribution in [-0.4, -0.2) is 63.4 Å². The molecule has 0 bridgehead atoms. The fourth-order valence-corrected chi connectivity index (χ4v) is 4.91. The number of rotatable bonds is 6. The van der Waals surface area contributed by atoms with Gasteiger partial charge in [-0.2, -0.15) is 0 Å². The minimum Gasteiger partial charge on any atom is -0.339 e. The lowest BCUT2D eigenvalue weighted by Crippen LogP contribution is -2.51. The third-order valence-electron chi connectivity index (χ3n) is 5.16. The number of hydrogen-bond acceptors (Lipinski definition) is 4. The van der Waals surface area contributed by atoms with Crippen LogP contribution in [0.15, 0.2) is 53.4 Å². The number of likely N-dealkylation sites (N-methyl/N-ethyl adjacent to an activating group) is 1. The van der Waals surface area contributed by atoms with Crippen molar-refractivity contribution in [3.63, 3.8) is 0 Å². The number of halogens is 1. The van der Waals surface area contributed by atoms with E-state index < -0.39 is 10.0 Å². The molecule has 0 atom stereocenters. The summed E-state index contributed by atoms with van der Waals surface area (Å²) in [5, 5.41) is 0.413. The van der Waals surface area contributed by atoms with Crippen molar-refractivity contribution in [2.45, 2.75) is 18.7 Å². The van der Waals surface area contributed by atoms with Gasteiger partial charge in [0, 0.05) is 31.2 Å². The van der Waals surface area contributed by atoms with Gasteiger partial charge in [0.15, 0.2) is 0 Å². The van der Waals surface area contributed by atoms with Crippen LogP contribution in [0.4, 0.5) is 5.69 Å². The lowest BCUT2D eigenvalue weighted by molar-refractivity contribution is -0.131. The van der Waals surface area contributed by atoms with Gasteiger partial charge in [-0.15, -0.1) is 0 Å². The normalized spacial score (nSPS) is 15.3. The number of carbonyl (C=O) groups is 1. The van der Waals surface area contributed by atoms with Gasteiger partial charge in [0.25, 0.3) is 10.0 Å². The van der Waals surface area contributed by atoms with Gasteiger partial charge in [-0.1, -0.05) is 42.3 Å². The lowest BCUT2D eigenvalue weighted by Gasteiger charge is -2.35. The Bertz CT molecular complexity index is 955. The molecule has 156 valence electrons. The van der Waals surface area contributed by atoms with E-state index in [1.54, 1.807) is 53.4 Å². The van der Waals surface area contributed by atoms with Crippen LogP contribution in [0, 0.1) is 6.92 Å². The van der Waals surface area contributed by atoms with Gasteiger partial charge in [0.1, 0.15) is 6.54 Å². The van der Waals surface area contributed by atoms with Crippen LogP contribution in [0.5, 0.6) is 0 Å². The van der Waals surface area contributed by atoms with Crippen LogP contribution in [0.3, 0.4) is 0 Å². The highest BCUT2D eigenvalue weighted by Gasteiger charge is 2.30. The summed E-state index contributed by atoms with van der Waals surface area (Å²) >= 11 is 6.10. The summed E-state index contributed by atoms with van der Waals surface area (Å²) in [6.45, 7) is 7.45. The molecule has 1 aliphatic heterocycles. The average molecular weight is 436 g/mol. The molecule has 1 saturated heterocycles. The van der Waals surface area contributed by atoms with Crippen LogP contribution in [-0.2, 0) is 14.8 Å². The number of amides is 1. The summed E-state index contributed by atoms with van der Waals surface area (Å²) in [6.07, 6.45) is 0. The van der Waals surface area contributed by atoms with Gasteiger partial charge in [-0.05, 0) is 43.8 Å². The van der Waals surface area contributed by atoms with E-state index in [0.717, 1.165) is 29.5 Å². The number of piperazine rings is 1. The molecule has 8 heteroatoms. The Hall–Kier alpha value is -2.09. The highest BCUT2D eigenvalue weighted by molar-refractivity contribution is 7.92. The summed E-state index contributed by atoms with van der Waals surface area (Å²) in [5.41, 5.74) is 1.33. The molecule has 1 fully saturated rings. The minimum atomic E-state index is -3.92. The molecule has 2 aromatic rings. The monoisotopic (exact) mass is 435 g/mol. The largest absolute Gasteiger partial charge is 0.339 e. The molecule has 1 heterocycles. The Morgan fingerprint density at radius 1 is 1.07 bits per heavy atom. The standard InChI is InChI=1S/C21H26ClN3O3S/c1-3-23-11-13-24(14-12-23)21(26)16-25(19-6-4-5-18(22)15-19)29(27,28)20-9-7-17(2)8-10-20/h4-10,15H,3,11-14,16H2,1-2H3. The molecule has 0 N–H and O–H groups in total. The first kappa shape index (κ1) is 21.6. The average Bonchev–Trinajstić information content (AvgIpc) is 2.72. The molecule has 0 aromatic heterocycles. The molecule has 0 unspecified atom stereocenters. The number of sulfonamides is 1. The first-order valence-electron chi connectivity index (χ1n) is 9.66. The van der Waals surface area contributed by atoms with Crippen molar-refractivity contribution in [1.82, 2.24) is 9.80 Å². The van der Waals surface area contributed by atoms with E-state index in [1.165, 1.54) is 0 Å². The number of anilines is 1. The van der Waals surface area contributed by atoms with E-state index in [2.05, 4.69) is 11.8 Å². The van der Waals surface area contributed by atoms with Crippen LogP contribution in [0.25, 0.3) is 0 Å². The Labute approximate surface area is 177 Å². The van der Waals surface area contributed by atoms with Gasteiger partial charge < -0.3 is 9.80 Å². The van der Waals surface area contributed by atoms with Crippen molar-refractivity contribution in [3.8, 4) is 0 Å².